The summed E-state index contributed by atoms with van der Waals surface area (Å²) in [5.41, 5.74) is 0.500. The van der Waals surface area contributed by atoms with Crippen LogP contribution in [0.5, 0.6) is 0 Å². The second-order valence-electron chi connectivity index (χ2n) is 2.08. The van der Waals surface area contributed by atoms with Gasteiger partial charge in [0.25, 0.3) is 11.8 Å². The summed E-state index contributed by atoms with van der Waals surface area (Å²) in [7, 11) is 0. The van der Waals surface area contributed by atoms with E-state index in [1.54, 1.807) is 0 Å². The van der Waals surface area contributed by atoms with Gasteiger partial charge in [-0.1, -0.05) is 19.2 Å². The number of carbonyl (C=O) groups is 2. The fraction of sp³-hybridized carbons (Fsp3) is 0. The molecule has 1 heterocycles. The number of hydrogen-bond acceptors (Lipinski definition) is 2. The molecule has 0 atom stereocenters. The third-order valence-corrected chi connectivity index (χ3v) is 1.36. The van der Waals surface area contributed by atoms with Crippen LogP contribution in [-0.4, -0.2) is 11.8 Å². The Hall–Kier alpha value is -1.64. The SMILES string of the molecule is C=C/C=C1\C(=C)C(=O)NC1=O. The molecule has 3 heteroatoms. The Kier molecular flexibility index (Phi) is 1.72. The molecule has 0 aliphatic carbocycles. The lowest BCUT2D eigenvalue weighted by Crippen LogP contribution is -2.19. The van der Waals surface area contributed by atoms with Crippen molar-refractivity contribution in [2.24, 2.45) is 0 Å². The van der Waals surface area contributed by atoms with Crippen LogP contribution in [-0.2, 0) is 9.59 Å². The summed E-state index contributed by atoms with van der Waals surface area (Å²) in [4.78, 5) is 21.6. The van der Waals surface area contributed by atoms with Gasteiger partial charge in [-0.15, -0.1) is 0 Å². The monoisotopic (exact) mass is 149 g/mol. The zero-order chi connectivity index (χ0) is 8.43. The van der Waals surface area contributed by atoms with E-state index < -0.39 is 11.8 Å². The number of allylic oxidation sites excluding steroid dienone is 2. The van der Waals surface area contributed by atoms with Crippen molar-refractivity contribution in [2.45, 2.75) is 0 Å². The average Bonchev–Trinajstić information content (AvgIpc) is 2.17. The first kappa shape index (κ1) is 7.47. The molecular weight excluding hydrogens is 142 g/mol. The van der Waals surface area contributed by atoms with Gasteiger partial charge in [0.15, 0.2) is 0 Å². The van der Waals surface area contributed by atoms with Crippen LogP contribution in [0.15, 0.2) is 36.5 Å². The van der Waals surface area contributed by atoms with Gasteiger partial charge >= 0.3 is 0 Å². The van der Waals surface area contributed by atoms with E-state index >= 15 is 0 Å². The lowest BCUT2D eigenvalue weighted by atomic mass is 10.1. The van der Waals surface area contributed by atoms with Gasteiger partial charge in [-0.25, -0.2) is 0 Å². The smallest absolute Gasteiger partial charge is 0.258 e. The quantitative estimate of drug-likeness (QED) is 0.431. The molecule has 0 aromatic carbocycles. The fourth-order valence-corrected chi connectivity index (χ4v) is 0.799. The molecule has 0 radical (unpaired) electrons. The molecule has 1 aliphatic rings. The molecule has 0 spiro atoms. The summed E-state index contributed by atoms with van der Waals surface area (Å²) in [5, 5.41) is 2.11. The van der Waals surface area contributed by atoms with Crippen molar-refractivity contribution < 1.29 is 9.59 Å². The number of imide groups is 1. The second kappa shape index (κ2) is 2.54. The van der Waals surface area contributed by atoms with Crippen LogP contribution in [0.3, 0.4) is 0 Å². The van der Waals surface area contributed by atoms with Crippen LogP contribution in [0.1, 0.15) is 0 Å². The number of rotatable bonds is 1. The molecule has 1 rings (SSSR count). The molecule has 3 nitrogen and oxygen atoms in total. The number of carbonyl (C=O) groups excluding carboxylic acids is 2. The molecule has 0 bridgehead atoms. The first-order chi connectivity index (χ1) is 5.16. The Morgan fingerprint density at radius 2 is 1.91 bits per heavy atom. The van der Waals surface area contributed by atoms with E-state index in [2.05, 4.69) is 18.5 Å². The molecule has 1 aliphatic heterocycles. The standard InChI is InChI=1S/C8H7NO2/c1-3-4-6-5(2)7(10)9-8(6)11/h3-4H,1-2H2,(H,9,10,11)/b6-4+. The number of nitrogens with one attached hydrogen (secondary N) is 1. The summed E-state index contributed by atoms with van der Waals surface area (Å²) in [6.45, 7) is 6.85. The summed E-state index contributed by atoms with van der Waals surface area (Å²) in [5.74, 6) is -0.831. The molecule has 11 heavy (non-hydrogen) atoms. The minimum Gasteiger partial charge on any atom is -0.288 e. The molecule has 0 aromatic heterocycles. The summed E-state index contributed by atoms with van der Waals surface area (Å²) >= 11 is 0. The van der Waals surface area contributed by atoms with Gasteiger partial charge in [-0.05, 0) is 6.08 Å². The molecule has 2 amide bonds. The first-order valence-electron chi connectivity index (χ1n) is 3.04. The van der Waals surface area contributed by atoms with Crippen LogP contribution in [0.25, 0.3) is 0 Å². The molecule has 1 saturated heterocycles. The van der Waals surface area contributed by atoms with Gasteiger partial charge in [0.05, 0.1) is 5.57 Å². The van der Waals surface area contributed by atoms with Crippen molar-refractivity contribution in [1.82, 2.24) is 5.32 Å². The van der Waals surface area contributed by atoms with Crippen LogP contribution < -0.4 is 5.32 Å². The average molecular weight is 149 g/mol. The van der Waals surface area contributed by atoms with Gasteiger partial charge in [0, 0.05) is 5.57 Å². The van der Waals surface area contributed by atoms with Crippen LogP contribution in [0, 0.1) is 0 Å². The predicted octanol–water partition coefficient (Wildman–Crippen LogP) is 0.311. The summed E-state index contributed by atoms with van der Waals surface area (Å²) in [6.07, 6.45) is 2.90. The highest BCUT2D eigenvalue weighted by atomic mass is 16.2. The molecule has 1 fully saturated rings. The van der Waals surface area contributed by atoms with Gasteiger partial charge in [0.1, 0.15) is 0 Å². The molecule has 0 unspecified atom stereocenters. The third kappa shape index (κ3) is 1.12. The van der Waals surface area contributed by atoms with Gasteiger partial charge in [0.2, 0.25) is 0 Å². The highest BCUT2D eigenvalue weighted by molar-refractivity contribution is 6.24. The largest absolute Gasteiger partial charge is 0.288 e. The summed E-state index contributed by atoms with van der Waals surface area (Å²) in [6, 6.07) is 0. The van der Waals surface area contributed by atoms with Crippen LogP contribution >= 0.6 is 0 Å². The van der Waals surface area contributed by atoms with E-state index in [9.17, 15) is 9.59 Å². The van der Waals surface area contributed by atoms with Gasteiger partial charge in [-0.3, -0.25) is 14.9 Å². The third-order valence-electron chi connectivity index (χ3n) is 1.36. The number of amides is 2. The predicted molar refractivity (Wildman–Crippen MR) is 40.6 cm³/mol. The maximum absolute atomic E-state index is 10.9. The minimum absolute atomic E-state index is 0.204. The van der Waals surface area contributed by atoms with Crippen LogP contribution in [0.2, 0.25) is 0 Å². The Bertz CT molecular complexity index is 286. The molecule has 56 valence electrons. The molecule has 0 saturated carbocycles. The Balaban J connectivity index is 3.07. The van der Waals surface area contributed by atoms with Gasteiger partial charge in [-0.2, -0.15) is 0 Å². The first-order valence-corrected chi connectivity index (χ1v) is 3.04. The van der Waals surface area contributed by atoms with Crippen molar-refractivity contribution in [3.8, 4) is 0 Å². The zero-order valence-corrected chi connectivity index (χ0v) is 5.89. The van der Waals surface area contributed by atoms with Crippen LogP contribution in [0.4, 0.5) is 0 Å². The minimum atomic E-state index is -0.428. The maximum atomic E-state index is 10.9. The highest BCUT2D eigenvalue weighted by Gasteiger charge is 2.27. The van der Waals surface area contributed by atoms with Crippen molar-refractivity contribution in [3.05, 3.63) is 36.5 Å². The van der Waals surface area contributed by atoms with Gasteiger partial charge < -0.3 is 0 Å². The zero-order valence-electron chi connectivity index (χ0n) is 5.89. The van der Waals surface area contributed by atoms with E-state index in [1.807, 2.05) is 0 Å². The van der Waals surface area contributed by atoms with Crippen molar-refractivity contribution in [3.63, 3.8) is 0 Å². The van der Waals surface area contributed by atoms with Crippen molar-refractivity contribution >= 4 is 11.8 Å². The Morgan fingerprint density at radius 1 is 1.27 bits per heavy atom. The Morgan fingerprint density at radius 3 is 2.27 bits per heavy atom. The van der Waals surface area contributed by atoms with E-state index in [0.717, 1.165) is 0 Å². The van der Waals surface area contributed by atoms with Crippen molar-refractivity contribution in [1.29, 1.82) is 0 Å². The summed E-state index contributed by atoms with van der Waals surface area (Å²) < 4.78 is 0. The van der Waals surface area contributed by atoms with E-state index in [0.29, 0.717) is 5.57 Å². The molecule has 1 N–H and O–H groups in total. The lowest BCUT2D eigenvalue weighted by Gasteiger charge is -1.87. The number of hydrogen-bond donors (Lipinski definition) is 1. The van der Waals surface area contributed by atoms with Crippen molar-refractivity contribution in [2.75, 3.05) is 0 Å². The molecular formula is C8H7NO2. The fourth-order valence-electron chi connectivity index (χ4n) is 0.799. The lowest BCUT2D eigenvalue weighted by molar-refractivity contribution is -0.123. The Labute approximate surface area is 64.1 Å². The highest BCUT2D eigenvalue weighted by Crippen LogP contribution is 2.14. The van der Waals surface area contributed by atoms with E-state index in [1.165, 1.54) is 12.2 Å². The topological polar surface area (TPSA) is 46.2 Å². The second-order valence-corrected chi connectivity index (χ2v) is 2.08. The maximum Gasteiger partial charge on any atom is 0.258 e. The van der Waals surface area contributed by atoms with E-state index in [4.69, 9.17) is 0 Å². The normalized spacial score (nSPS) is 20.7. The molecule has 0 aromatic rings. The van der Waals surface area contributed by atoms with E-state index in [-0.39, 0.29) is 5.57 Å².